The summed E-state index contributed by atoms with van der Waals surface area (Å²) in [5.74, 6) is -0.698. The van der Waals surface area contributed by atoms with Crippen molar-refractivity contribution in [3.8, 4) is 0 Å². The molecular weight excluding hydrogens is 212 g/mol. The third-order valence-electron chi connectivity index (χ3n) is 2.41. The van der Waals surface area contributed by atoms with Gasteiger partial charge in [0.1, 0.15) is 11.7 Å². The van der Waals surface area contributed by atoms with Gasteiger partial charge in [-0.15, -0.1) is 0 Å². The average molecular weight is 226 g/mol. The Morgan fingerprint density at radius 1 is 1.62 bits per heavy atom. The minimum Gasteiger partial charge on any atom is -0.466 e. The summed E-state index contributed by atoms with van der Waals surface area (Å²) in [6.07, 6.45) is 4.34. The van der Waals surface area contributed by atoms with Gasteiger partial charge in [-0.05, 0) is 18.2 Å². The smallest absolute Gasteiger partial charge is 0.330 e. The number of rotatable bonds is 3. The fourth-order valence-electron chi connectivity index (χ4n) is 1.45. The van der Waals surface area contributed by atoms with E-state index in [-0.39, 0.29) is 12.2 Å². The van der Waals surface area contributed by atoms with Crippen molar-refractivity contribution in [3.05, 3.63) is 24.3 Å². The second-order valence-corrected chi connectivity index (χ2v) is 3.47. The monoisotopic (exact) mass is 226 g/mol. The molecule has 5 nitrogen and oxygen atoms in total. The molecule has 0 aromatic heterocycles. The van der Waals surface area contributed by atoms with E-state index in [0.29, 0.717) is 0 Å². The average Bonchev–Trinajstić information content (AvgIpc) is 2.29. The van der Waals surface area contributed by atoms with E-state index in [1.54, 1.807) is 0 Å². The van der Waals surface area contributed by atoms with Gasteiger partial charge in [0.15, 0.2) is 5.78 Å². The SMILES string of the molecule is COC(=O)/C=C/[C@@]1(O)C=CC(=O)C[C@H]1OC. The van der Waals surface area contributed by atoms with E-state index < -0.39 is 17.7 Å². The van der Waals surface area contributed by atoms with Crippen LogP contribution in [0.15, 0.2) is 24.3 Å². The molecule has 88 valence electrons. The largest absolute Gasteiger partial charge is 0.466 e. The Morgan fingerprint density at radius 2 is 2.31 bits per heavy atom. The molecule has 1 N–H and O–H groups in total. The Labute approximate surface area is 93.3 Å². The molecule has 0 aromatic carbocycles. The molecule has 5 heteroatoms. The summed E-state index contributed by atoms with van der Waals surface area (Å²) in [6.45, 7) is 0. The molecule has 0 radical (unpaired) electrons. The molecule has 1 aliphatic carbocycles. The summed E-state index contributed by atoms with van der Waals surface area (Å²) in [5, 5.41) is 10.1. The van der Waals surface area contributed by atoms with Gasteiger partial charge in [-0.2, -0.15) is 0 Å². The van der Waals surface area contributed by atoms with Crippen molar-refractivity contribution >= 4 is 11.8 Å². The lowest BCUT2D eigenvalue weighted by molar-refractivity contribution is -0.135. The molecule has 0 aliphatic heterocycles. The van der Waals surface area contributed by atoms with Crippen LogP contribution in [0.1, 0.15) is 6.42 Å². The van der Waals surface area contributed by atoms with Crippen molar-refractivity contribution in [1.82, 2.24) is 0 Å². The van der Waals surface area contributed by atoms with Gasteiger partial charge in [0, 0.05) is 19.6 Å². The predicted octanol–water partition coefficient (Wildman–Crippen LogP) is -0.00930. The third-order valence-corrected chi connectivity index (χ3v) is 2.41. The summed E-state index contributed by atoms with van der Waals surface area (Å²) in [5.41, 5.74) is -1.45. The molecule has 0 saturated carbocycles. The number of ether oxygens (including phenoxy) is 2. The standard InChI is InChI=1S/C11H14O5/c1-15-9-7-8(12)3-5-11(9,14)6-4-10(13)16-2/h3-6,9,14H,7H2,1-2H3/b6-4+/t9-,11+/m1/s1. The van der Waals surface area contributed by atoms with E-state index >= 15 is 0 Å². The van der Waals surface area contributed by atoms with Crippen LogP contribution in [-0.2, 0) is 19.1 Å². The first-order chi connectivity index (χ1) is 7.51. The van der Waals surface area contributed by atoms with Crippen molar-refractivity contribution < 1.29 is 24.2 Å². The lowest BCUT2D eigenvalue weighted by Crippen LogP contribution is -2.43. The number of aliphatic hydroxyl groups is 1. The quantitative estimate of drug-likeness (QED) is 0.541. The van der Waals surface area contributed by atoms with Gasteiger partial charge >= 0.3 is 5.97 Å². The van der Waals surface area contributed by atoms with Crippen molar-refractivity contribution in [1.29, 1.82) is 0 Å². The highest BCUT2D eigenvalue weighted by molar-refractivity contribution is 5.92. The highest BCUT2D eigenvalue weighted by Crippen LogP contribution is 2.24. The third kappa shape index (κ3) is 2.77. The summed E-state index contributed by atoms with van der Waals surface area (Å²) in [4.78, 5) is 22.0. The van der Waals surface area contributed by atoms with E-state index in [4.69, 9.17) is 4.74 Å². The van der Waals surface area contributed by atoms with Crippen LogP contribution in [0.3, 0.4) is 0 Å². The molecule has 0 fully saturated rings. The first kappa shape index (κ1) is 12.6. The van der Waals surface area contributed by atoms with E-state index in [9.17, 15) is 14.7 Å². The molecule has 0 bridgehead atoms. The molecule has 0 spiro atoms. The highest BCUT2D eigenvalue weighted by Gasteiger charge is 2.36. The summed E-state index contributed by atoms with van der Waals surface area (Å²) in [7, 11) is 2.64. The Balaban J connectivity index is 2.88. The van der Waals surface area contributed by atoms with Crippen LogP contribution in [0.25, 0.3) is 0 Å². The Kier molecular flexibility index (Phi) is 3.98. The van der Waals surface area contributed by atoms with E-state index in [1.807, 2.05) is 0 Å². The van der Waals surface area contributed by atoms with Crippen molar-refractivity contribution in [3.63, 3.8) is 0 Å². The zero-order chi connectivity index (χ0) is 12.2. The van der Waals surface area contributed by atoms with Gasteiger partial charge < -0.3 is 14.6 Å². The normalized spacial score (nSPS) is 29.7. The molecule has 0 amide bonds. The fraction of sp³-hybridized carbons (Fsp3) is 0.455. The minimum absolute atomic E-state index is 0.0784. The lowest BCUT2D eigenvalue weighted by Gasteiger charge is -2.31. The zero-order valence-corrected chi connectivity index (χ0v) is 9.17. The molecule has 0 unspecified atom stereocenters. The number of hydrogen-bond donors (Lipinski definition) is 1. The summed E-state index contributed by atoms with van der Waals surface area (Å²) < 4.78 is 9.43. The number of allylic oxidation sites excluding steroid dienone is 1. The van der Waals surface area contributed by atoms with Gasteiger partial charge in [-0.25, -0.2) is 4.79 Å². The molecule has 1 aliphatic rings. The van der Waals surface area contributed by atoms with Crippen LogP contribution in [-0.4, -0.2) is 42.8 Å². The van der Waals surface area contributed by atoms with E-state index in [2.05, 4.69) is 4.74 Å². The molecule has 1 rings (SSSR count). The van der Waals surface area contributed by atoms with Gasteiger partial charge in [-0.1, -0.05) is 0 Å². The Morgan fingerprint density at radius 3 is 2.88 bits per heavy atom. The number of methoxy groups -OCH3 is 2. The van der Waals surface area contributed by atoms with Gasteiger partial charge in [0.05, 0.1) is 7.11 Å². The maximum atomic E-state index is 11.1. The minimum atomic E-state index is -1.45. The van der Waals surface area contributed by atoms with Crippen LogP contribution >= 0.6 is 0 Å². The number of carbonyl (C=O) groups is 2. The number of ketones is 1. The molecular formula is C11H14O5. The second kappa shape index (κ2) is 5.05. The van der Waals surface area contributed by atoms with Crippen molar-refractivity contribution in [2.45, 2.75) is 18.1 Å². The summed E-state index contributed by atoms with van der Waals surface area (Å²) in [6, 6.07) is 0. The first-order valence-corrected chi connectivity index (χ1v) is 4.76. The summed E-state index contributed by atoms with van der Waals surface area (Å²) >= 11 is 0. The maximum absolute atomic E-state index is 11.1. The second-order valence-electron chi connectivity index (χ2n) is 3.47. The number of carbonyl (C=O) groups excluding carboxylic acids is 2. The van der Waals surface area contributed by atoms with Gasteiger partial charge in [0.2, 0.25) is 0 Å². The zero-order valence-electron chi connectivity index (χ0n) is 9.17. The van der Waals surface area contributed by atoms with Crippen molar-refractivity contribution in [2.24, 2.45) is 0 Å². The predicted molar refractivity (Wildman–Crippen MR) is 55.7 cm³/mol. The topological polar surface area (TPSA) is 72.8 Å². The number of hydrogen-bond acceptors (Lipinski definition) is 5. The van der Waals surface area contributed by atoms with Gasteiger partial charge in [-0.3, -0.25) is 4.79 Å². The van der Waals surface area contributed by atoms with Crippen LogP contribution in [0.4, 0.5) is 0 Å². The highest BCUT2D eigenvalue weighted by atomic mass is 16.5. The maximum Gasteiger partial charge on any atom is 0.330 e. The van der Waals surface area contributed by atoms with E-state index in [1.165, 1.54) is 32.4 Å². The van der Waals surface area contributed by atoms with Crippen molar-refractivity contribution in [2.75, 3.05) is 14.2 Å². The molecule has 2 atom stereocenters. The molecule has 0 saturated heterocycles. The van der Waals surface area contributed by atoms with Gasteiger partial charge in [0.25, 0.3) is 0 Å². The van der Waals surface area contributed by atoms with Crippen LogP contribution in [0.5, 0.6) is 0 Å². The number of esters is 1. The van der Waals surface area contributed by atoms with Crippen LogP contribution in [0.2, 0.25) is 0 Å². The Bertz CT molecular complexity index is 344. The molecule has 0 aromatic rings. The Hall–Kier alpha value is -1.46. The lowest BCUT2D eigenvalue weighted by atomic mass is 9.87. The molecule has 0 heterocycles. The first-order valence-electron chi connectivity index (χ1n) is 4.76. The van der Waals surface area contributed by atoms with Crippen LogP contribution in [0, 0.1) is 0 Å². The fourth-order valence-corrected chi connectivity index (χ4v) is 1.45. The van der Waals surface area contributed by atoms with E-state index in [0.717, 1.165) is 6.08 Å². The molecule has 16 heavy (non-hydrogen) atoms. The van der Waals surface area contributed by atoms with Crippen LogP contribution < -0.4 is 0 Å².